The number of β-amino-alcohol motifs (C(OH)–C–C–N with tert-alkyl or cyclic N) is 1. The molecule has 3 aliphatic heterocycles. The van der Waals surface area contributed by atoms with Crippen LogP contribution in [0, 0.1) is 23.7 Å². The SMILES string of the molecule is Cc1ncsc1-c1ccc(CNC(=O)C2CC(O)CN2C(=O)[C@@H](NC(=O)C2(F)CC2)C(C)(C)C)c(OCC2CCN(C(=O)CC(=O)Nc3cccc(Sc4ncc(N5CCC(C)(CN)CC5)nc4N)c3Cl)CC2)c1. The van der Waals surface area contributed by atoms with E-state index >= 15 is 0 Å². The van der Waals surface area contributed by atoms with Crippen molar-refractivity contribution in [3.63, 3.8) is 0 Å². The number of aliphatic hydroxyl groups is 1. The van der Waals surface area contributed by atoms with Crippen LogP contribution in [0.2, 0.25) is 5.02 Å². The van der Waals surface area contributed by atoms with Gasteiger partial charge in [0.05, 0.1) is 45.7 Å². The summed E-state index contributed by atoms with van der Waals surface area (Å²) in [5, 5.41) is 19.8. The number of carbonyl (C=O) groups excluding carboxylic acids is 5. The molecule has 5 amide bonds. The minimum absolute atomic E-state index is 0.00554. The monoisotopic (exact) mass is 1080 g/mol. The fourth-order valence-corrected chi connectivity index (χ4v) is 11.4. The molecule has 0 bridgehead atoms. The minimum Gasteiger partial charge on any atom is -0.493 e. The third-order valence-corrected chi connectivity index (χ3v) is 17.2. The molecular weight excluding hydrogens is 1010 g/mol. The van der Waals surface area contributed by atoms with E-state index in [0.717, 1.165) is 42.1 Å². The van der Waals surface area contributed by atoms with E-state index in [1.807, 2.05) is 25.1 Å². The molecular formula is C52H67ClFN11O7S2. The maximum Gasteiger partial charge on any atom is 0.258 e. The summed E-state index contributed by atoms with van der Waals surface area (Å²) in [6.45, 7) is 12.8. The number of hydrogen-bond donors (Lipinski definition) is 6. The summed E-state index contributed by atoms with van der Waals surface area (Å²) in [7, 11) is 0. The number of amides is 5. The van der Waals surface area contributed by atoms with Crippen LogP contribution in [0.5, 0.6) is 5.75 Å². The van der Waals surface area contributed by atoms with Crippen LogP contribution in [0.15, 0.2) is 58.0 Å². The molecule has 74 heavy (non-hydrogen) atoms. The van der Waals surface area contributed by atoms with Gasteiger partial charge in [0.15, 0.2) is 11.5 Å². The summed E-state index contributed by atoms with van der Waals surface area (Å²) in [4.78, 5) is 87.6. The summed E-state index contributed by atoms with van der Waals surface area (Å²) in [6.07, 6.45) is 3.71. The van der Waals surface area contributed by atoms with E-state index < -0.39 is 52.9 Å². The lowest BCUT2D eigenvalue weighted by Crippen LogP contribution is -2.59. The average Bonchev–Trinajstić information content (AvgIpc) is 3.78. The second kappa shape index (κ2) is 22.7. The molecule has 1 saturated carbocycles. The van der Waals surface area contributed by atoms with E-state index in [4.69, 9.17) is 27.8 Å². The van der Waals surface area contributed by atoms with E-state index in [-0.39, 0.29) is 66.9 Å². The lowest BCUT2D eigenvalue weighted by Gasteiger charge is -2.39. The fraction of sp³-hybridized carbons (Fsp3) is 0.538. The van der Waals surface area contributed by atoms with Crippen LogP contribution in [0.1, 0.15) is 90.3 Å². The van der Waals surface area contributed by atoms with Crippen LogP contribution in [0.3, 0.4) is 0 Å². The molecule has 4 aromatic rings. The van der Waals surface area contributed by atoms with Crippen molar-refractivity contribution in [3.8, 4) is 16.2 Å². The summed E-state index contributed by atoms with van der Waals surface area (Å²) < 4.78 is 21.2. The molecule has 3 atom stereocenters. The summed E-state index contributed by atoms with van der Waals surface area (Å²) >= 11 is 9.52. The molecule has 4 aliphatic rings. The van der Waals surface area contributed by atoms with Crippen molar-refractivity contribution >= 4 is 81.6 Å². The Balaban J connectivity index is 0.839. The van der Waals surface area contributed by atoms with Crippen molar-refractivity contribution in [2.24, 2.45) is 22.5 Å². The number of aryl methyl sites for hydroxylation is 1. The zero-order valence-electron chi connectivity index (χ0n) is 42.5. The number of carbonyl (C=O) groups is 5. The van der Waals surface area contributed by atoms with Crippen molar-refractivity contribution in [2.75, 3.05) is 61.8 Å². The lowest BCUT2D eigenvalue weighted by atomic mass is 9.80. The number of anilines is 3. The second-order valence-corrected chi connectivity index (χ2v) is 23.7. The van der Waals surface area contributed by atoms with Gasteiger partial charge < -0.3 is 52.0 Å². The predicted octanol–water partition coefficient (Wildman–Crippen LogP) is 6.12. The topological polar surface area (TPSA) is 251 Å². The molecule has 2 aromatic carbocycles. The molecule has 1 aliphatic carbocycles. The number of thiazole rings is 1. The van der Waals surface area contributed by atoms with Crippen molar-refractivity contribution < 1.29 is 38.2 Å². The van der Waals surface area contributed by atoms with Crippen LogP contribution in [-0.2, 0) is 30.5 Å². The Morgan fingerprint density at radius 1 is 1.05 bits per heavy atom. The number of aliphatic hydroxyl groups excluding tert-OH is 1. The van der Waals surface area contributed by atoms with Crippen molar-refractivity contribution in [3.05, 3.63) is 64.4 Å². The Morgan fingerprint density at radius 3 is 2.43 bits per heavy atom. The normalized spacial score (nSPS) is 19.9. The predicted molar refractivity (Wildman–Crippen MR) is 283 cm³/mol. The number of benzene rings is 2. The number of nitrogens with zero attached hydrogens (tertiary/aromatic N) is 6. The van der Waals surface area contributed by atoms with E-state index in [2.05, 4.69) is 42.7 Å². The number of piperidine rings is 2. The number of hydrogen-bond acceptors (Lipinski definition) is 15. The van der Waals surface area contributed by atoms with E-state index in [9.17, 15) is 33.5 Å². The van der Waals surface area contributed by atoms with E-state index in [1.165, 1.54) is 28.0 Å². The van der Waals surface area contributed by atoms with Crippen molar-refractivity contribution in [1.82, 2.24) is 35.4 Å². The summed E-state index contributed by atoms with van der Waals surface area (Å²) in [5.74, 6) is -1.11. The maximum atomic E-state index is 14.7. The standard InChI is InChI=1S/C52H67ClFN11O7S2/c1-30-43(73-29-59-30)32-9-10-33(24-57-46(69)36-22-34(66)26-65(36)48(70)44(50(2,3)4)62-49(71)52(54)13-14-52)37(21-32)72-27-31-11-17-64(18-12-31)41(68)23-40(67)60-35-7-6-8-38(42(35)53)74-47-45(56)61-39(25-58-47)63-19-15-51(5,28-55)16-20-63/h6-10,21,25,29,31,34,36,44,66H,11-20,22-24,26-28,55H2,1-5H3,(H2,56,61)(H,57,69)(H,60,67)(H,62,71)/t34?,36?,44-/m1/s1. The molecule has 3 saturated heterocycles. The highest BCUT2D eigenvalue weighted by Gasteiger charge is 2.53. The van der Waals surface area contributed by atoms with Gasteiger partial charge in [0.1, 0.15) is 35.1 Å². The van der Waals surface area contributed by atoms with Crippen LogP contribution >= 0.6 is 34.7 Å². The smallest absolute Gasteiger partial charge is 0.258 e. The minimum atomic E-state index is -1.99. The average molecular weight is 1080 g/mol. The molecule has 2 aromatic heterocycles. The molecule has 8 rings (SSSR count). The molecule has 8 N–H and O–H groups in total. The number of likely N-dealkylation sites (tertiary alicyclic amines) is 2. The first-order chi connectivity index (χ1) is 35.1. The quantitative estimate of drug-likeness (QED) is 0.0653. The Kier molecular flexibility index (Phi) is 16.8. The number of nitrogen functional groups attached to an aromatic ring is 1. The first-order valence-electron chi connectivity index (χ1n) is 25.2. The van der Waals surface area contributed by atoms with Crippen LogP contribution in [0.4, 0.5) is 21.7 Å². The van der Waals surface area contributed by atoms with Crippen LogP contribution in [-0.4, -0.2) is 129 Å². The molecule has 0 spiro atoms. The molecule has 18 nitrogen and oxygen atoms in total. The first kappa shape index (κ1) is 54.6. The van der Waals surface area contributed by atoms with Gasteiger partial charge in [-0.25, -0.2) is 19.3 Å². The summed E-state index contributed by atoms with van der Waals surface area (Å²) in [6, 6.07) is 8.79. The van der Waals surface area contributed by atoms with Gasteiger partial charge >= 0.3 is 0 Å². The second-order valence-electron chi connectivity index (χ2n) is 21.4. The first-order valence-corrected chi connectivity index (χ1v) is 27.2. The van der Waals surface area contributed by atoms with Gasteiger partial charge in [0, 0.05) is 56.1 Å². The Morgan fingerprint density at radius 2 is 1.78 bits per heavy atom. The van der Waals surface area contributed by atoms with Gasteiger partial charge in [-0.05, 0) is 92.5 Å². The number of alkyl halides is 1. The van der Waals surface area contributed by atoms with Crippen molar-refractivity contribution in [1.29, 1.82) is 0 Å². The molecule has 2 unspecified atom stereocenters. The molecule has 4 fully saturated rings. The van der Waals surface area contributed by atoms with Gasteiger partial charge in [-0.15, -0.1) is 11.3 Å². The highest BCUT2D eigenvalue weighted by molar-refractivity contribution is 7.99. The third-order valence-electron chi connectivity index (χ3n) is 14.6. The highest BCUT2D eigenvalue weighted by atomic mass is 35.5. The number of halogens is 2. The number of aromatic nitrogens is 3. The Hall–Kier alpha value is -5.61. The van der Waals surface area contributed by atoms with Gasteiger partial charge in [0.25, 0.3) is 5.91 Å². The molecule has 0 radical (unpaired) electrons. The van der Waals surface area contributed by atoms with Gasteiger partial charge in [0.2, 0.25) is 23.6 Å². The third kappa shape index (κ3) is 12.9. The van der Waals surface area contributed by atoms with Crippen LogP contribution < -0.4 is 37.1 Å². The number of nitrogens with two attached hydrogens (primary N) is 2. The van der Waals surface area contributed by atoms with E-state index in [1.54, 1.807) is 55.6 Å². The van der Waals surface area contributed by atoms with Gasteiger partial charge in [-0.2, -0.15) is 0 Å². The summed E-state index contributed by atoms with van der Waals surface area (Å²) in [5.41, 5.74) is 14.2. The Labute approximate surface area is 444 Å². The number of nitrogens with one attached hydrogen (secondary N) is 3. The fourth-order valence-electron chi connectivity index (χ4n) is 9.46. The van der Waals surface area contributed by atoms with Gasteiger partial charge in [-0.3, -0.25) is 24.0 Å². The van der Waals surface area contributed by atoms with Crippen LogP contribution in [0.25, 0.3) is 10.4 Å². The molecule has 22 heteroatoms. The number of rotatable bonds is 17. The molecule has 5 heterocycles. The Bertz CT molecular complexity index is 2740. The van der Waals surface area contributed by atoms with Gasteiger partial charge in [-0.1, -0.05) is 69.3 Å². The number of ether oxygens (including phenoxy) is 1. The van der Waals surface area contributed by atoms with Crippen molar-refractivity contribution in [2.45, 2.75) is 126 Å². The zero-order valence-corrected chi connectivity index (χ0v) is 44.9. The lowest BCUT2D eigenvalue weighted by molar-refractivity contribution is -0.145. The largest absolute Gasteiger partial charge is 0.493 e. The maximum absolute atomic E-state index is 14.7. The molecule has 398 valence electrons. The highest BCUT2D eigenvalue weighted by Crippen LogP contribution is 2.42. The van der Waals surface area contributed by atoms with E-state index in [0.29, 0.717) is 71.8 Å². The zero-order chi connectivity index (χ0) is 53.1.